The number of carbonyl (C=O) groups is 1. The molecule has 0 aromatic rings. The van der Waals surface area contributed by atoms with Crippen molar-refractivity contribution in [3.05, 3.63) is 12.7 Å². The number of nitrogens with two attached hydrogens (primary N) is 1. The summed E-state index contributed by atoms with van der Waals surface area (Å²) in [7, 11) is 0. The van der Waals surface area contributed by atoms with E-state index in [1.807, 2.05) is 0 Å². The predicted octanol–water partition coefficient (Wildman–Crippen LogP) is -0.575. The SMILES string of the molecule is C=CC(=O)OCC(N)CCO. The molecule has 0 aliphatic rings. The minimum atomic E-state index is -0.488. The molecule has 0 rings (SSSR count). The molecule has 64 valence electrons. The van der Waals surface area contributed by atoms with Gasteiger partial charge in [-0.3, -0.25) is 0 Å². The maximum Gasteiger partial charge on any atom is 0.330 e. The van der Waals surface area contributed by atoms with Gasteiger partial charge < -0.3 is 15.6 Å². The number of ether oxygens (including phenoxy) is 1. The third-order valence-corrected chi connectivity index (χ3v) is 1.11. The molecule has 0 saturated heterocycles. The largest absolute Gasteiger partial charge is 0.461 e. The molecule has 4 heteroatoms. The van der Waals surface area contributed by atoms with Crippen LogP contribution in [0.4, 0.5) is 0 Å². The van der Waals surface area contributed by atoms with Gasteiger partial charge in [0, 0.05) is 18.7 Å². The van der Waals surface area contributed by atoms with Gasteiger partial charge in [-0.1, -0.05) is 6.58 Å². The van der Waals surface area contributed by atoms with Gasteiger partial charge >= 0.3 is 5.97 Å². The van der Waals surface area contributed by atoms with Crippen molar-refractivity contribution < 1.29 is 14.6 Å². The fraction of sp³-hybridized carbons (Fsp3) is 0.571. The van der Waals surface area contributed by atoms with E-state index < -0.39 is 5.97 Å². The average Bonchev–Trinajstić information content (AvgIpc) is 2.01. The second-order valence-electron chi connectivity index (χ2n) is 2.11. The maximum absolute atomic E-state index is 10.5. The Morgan fingerprint density at radius 1 is 1.82 bits per heavy atom. The van der Waals surface area contributed by atoms with Gasteiger partial charge in [-0.05, 0) is 6.42 Å². The lowest BCUT2D eigenvalue weighted by Crippen LogP contribution is -2.28. The van der Waals surface area contributed by atoms with Crippen LogP contribution in [-0.4, -0.2) is 30.3 Å². The molecule has 0 aliphatic heterocycles. The minimum Gasteiger partial charge on any atom is -0.461 e. The van der Waals surface area contributed by atoms with Crippen LogP contribution in [0.2, 0.25) is 0 Å². The Morgan fingerprint density at radius 3 is 2.91 bits per heavy atom. The molecule has 11 heavy (non-hydrogen) atoms. The standard InChI is InChI=1S/C7H13NO3/c1-2-7(10)11-5-6(8)3-4-9/h2,6,9H,1,3-5,8H2. The normalized spacial score (nSPS) is 12.2. The first kappa shape index (κ1) is 10.1. The highest BCUT2D eigenvalue weighted by Gasteiger charge is 2.03. The highest BCUT2D eigenvalue weighted by molar-refractivity contribution is 5.81. The van der Waals surface area contributed by atoms with Gasteiger partial charge in [0.2, 0.25) is 0 Å². The van der Waals surface area contributed by atoms with Crippen LogP contribution in [0.3, 0.4) is 0 Å². The third kappa shape index (κ3) is 5.57. The van der Waals surface area contributed by atoms with Crippen molar-refractivity contribution in [2.24, 2.45) is 5.73 Å². The summed E-state index contributed by atoms with van der Waals surface area (Å²) in [6.45, 7) is 3.36. The van der Waals surface area contributed by atoms with Gasteiger partial charge in [0.25, 0.3) is 0 Å². The van der Waals surface area contributed by atoms with Gasteiger partial charge in [-0.25, -0.2) is 4.79 Å². The van der Waals surface area contributed by atoms with E-state index in [1.54, 1.807) is 0 Å². The molecule has 0 aromatic carbocycles. The molecule has 0 aromatic heterocycles. The Morgan fingerprint density at radius 2 is 2.45 bits per heavy atom. The van der Waals surface area contributed by atoms with Crippen LogP contribution < -0.4 is 5.73 Å². The molecule has 0 saturated carbocycles. The van der Waals surface area contributed by atoms with Crippen molar-refractivity contribution in [3.63, 3.8) is 0 Å². The Hall–Kier alpha value is -0.870. The predicted molar refractivity (Wildman–Crippen MR) is 40.8 cm³/mol. The monoisotopic (exact) mass is 159 g/mol. The quantitative estimate of drug-likeness (QED) is 0.416. The van der Waals surface area contributed by atoms with Gasteiger partial charge in [0.15, 0.2) is 0 Å². The number of hydrogen-bond donors (Lipinski definition) is 2. The van der Waals surface area contributed by atoms with Gasteiger partial charge in [0.1, 0.15) is 6.61 Å². The van der Waals surface area contributed by atoms with E-state index in [2.05, 4.69) is 11.3 Å². The molecule has 3 N–H and O–H groups in total. The molecule has 0 radical (unpaired) electrons. The molecule has 0 bridgehead atoms. The highest BCUT2D eigenvalue weighted by atomic mass is 16.5. The number of hydrogen-bond acceptors (Lipinski definition) is 4. The molecule has 1 unspecified atom stereocenters. The van der Waals surface area contributed by atoms with E-state index in [9.17, 15) is 4.79 Å². The summed E-state index contributed by atoms with van der Waals surface area (Å²) in [6.07, 6.45) is 1.51. The number of esters is 1. The van der Waals surface area contributed by atoms with E-state index in [4.69, 9.17) is 10.8 Å². The fourth-order valence-corrected chi connectivity index (χ4v) is 0.497. The van der Waals surface area contributed by atoms with Gasteiger partial charge in [-0.15, -0.1) is 0 Å². The van der Waals surface area contributed by atoms with E-state index in [1.165, 1.54) is 0 Å². The van der Waals surface area contributed by atoms with E-state index in [0.29, 0.717) is 6.42 Å². The highest BCUT2D eigenvalue weighted by Crippen LogP contribution is 1.88. The lowest BCUT2D eigenvalue weighted by molar-refractivity contribution is -0.138. The molecule has 0 aliphatic carbocycles. The molecule has 4 nitrogen and oxygen atoms in total. The fourth-order valence-electron chi connectivity index (χ4n) is 0.497. The molecule has 0 amide bonds. The summed E-state index contributed by atoms with van der Waals surface area (Å²) in [5.41, 5.74) is 5.42. The van der Waals surface area contributed by atoms with Crippen molar-refractivity contribution in [1.29, 1.82) is 0 Å². The number of aliphatic hydroxyl groups is 1. The summed E-state index contributed by atoms with van der Waals surface area (Å²) < 4.78 is 4.61. The van der Waals surface area contributed by atoms with Crippen LogP contribution >= 0.6 is 0 Å². The van der Waals surface area contributed by atoms with E-state index in [-0.39, 0.29) is 19.3 Å². The summed E-state index contributed by atoms with van der Waals surface area (Å²) in [5.74, 6) is -0.488. The van der Waals surface area contributed by atoms with Gasteiger partial charge in [0.05, 0.1) is 0 Å². The van der Waals surface area contributed by atoms with Crippen molar-refractivity contribution >= 4 is 5.97 Å². The van der Waals surface area contributed by atoms with Crippen molar-refractivity contribution in [2.75, 3.05) is 13.2 Å². The summed E-state index contributed by atoms with van der Waals surface area (Å²) in [6, 6.07) is -0.288. The number of carbonyl (C=O) groups excluding carboxylic acids is 1. The first-order chi connectivity index (χ1) is 5.20. The zero-order chi connectivity index (χ0) is 8.69. The molecule has 0 heterocycles. The van der Waals surface area contributed by atoms with E-state index >= 15 is 0 Å². The maximum atomic E-state index is 10.5. The van der Waals surface area contributed by atoms with Crippen LogP contribution in [0.15, 0.2) is 12.7 Å². The van der Waals surface area contributed by atoms with Crippen LogP contribution in [-0.2, 0) is 9.53 Å². The van der Waals surface area contributed by atoms with E-state index in [0.717, 1.165) is 6.08 Å². The third-order valence-electron chi connectivity index (χ3n) is 1.11. The van der Waals surface area contributed by atoms with Crippen molar-refractivity contribution in [2.45, 2.75) is 12.5 Å². The molecule has 1 atom stereocenters. The van der Waals surface area contributed by atoms with Crippen molar-refractivity contribution in [3.8, 4) is 0 Å². The molecule has 0 fully saturated rings. The Labute approximate surface area is 65.6 Å². The van der Waals surface area contributed by atoms with Crippen LogP contribution in [0.25, 0.3) is 0 Å². The zero-order valence-electron chi connectivity index (χ0n) is 6.32. The van der Waals surface area contributed by atoms with Crippen LogP contribution in [0.5, 0.6) is 0 Å². The Balaban J connectivity index is 3.37. The Kier molecular flexibility index (Phi) is 5.42. The summed E-state index contributed by atoms with van der Waals surface area (Å²) >= 11 is 0. The topological polar surface area (TPSA) is 72.5 Å². The first-order valence-corrected chi connectivity index (χ1v) is 3.36. The summed E-state index contributed by atoms with van der Waals surface area (Å²) in [4.78, 5) is 10.5. The lowest BCUT2D eigenvalue weighted by Gasteiger charge is -2.08. The zero-order valence-corrected chi connectivity index (χ0v) is 6.32. The second-order valence-corrected chi connectivity index (χ2v) is 2.11. The lowest BCUT2D eigenvalue weighted by atomic mass is 10.2. The number of rotatable bonds is 5. The molecular formula is C7H13NO3. The van der Waals surface area contributed by atoms with Crippen molar-refractivity contribution in [1.82, 2.24) is 0 Å². The smallest absolute Gasteiger partial charge is 0.330 e. The summed E-state index contributed by atoms with van der Waals surface area (Å²) in [5, 5.41) is 8.42. The Bertz CT molecular complexity index is 136. The van der Waals surface area contributed by atoms with Gasteiger partial charge in [-0.2, -0.15) is 0 Å². The first-order valence-electron chi connectivity index (χ1n) is 3.36. The molecule has 0 spiro atoms. The number of aliphatic hydroxyl groups excluding tert-OH is 1. The van der Waals surface area contributed by atoms with Crippen LogP contribution in [0, 0.1) is 0 Å². The second kappa shape index (κ2) is 5.88. The minimum absolute atomic E-state index is 0.00675. The van der Waals surface area contributed by atoms with Crippen LogP contribution in [0.1, 0.15) is 6.42 Å². The molecular weight excluding hydrogens is 146 g/mol. The average molecular weight is 159 g/mol.